The van der Waals surface area contributed by atoms with Crippen molar-refractivity contribution in [1.29, 1.82) is 5.26 Å². The van der Waals surface area contributed by atoms with Gasteiger partial charge in [0.05, 0.1) is 10.4 Å². The lowest BCUT2D eigenvalue weighted by atomic mass is 10.1. The number of hydrogen-bond donors (Lipinski definition) is 0. The highest BCUT2D eigenvalue weighted by Crippen LogP contribution is 2.46. The van der Waals surface area contributed by atoms with Gasteiger partial charge in [-0.3, -0.25) is 9.48 Å². The molecule has 0 bridgehead atoms. The van der Waals surface area contributed by atoms with Crippen LogP contribution < -0.4 is 4.74 Å². The topological polar surface area (TPSA) is 93.9 Å². The molecule has 1 atom stereocenters. The van der Waals surface area contributed by atoms with E-state index in [4.69, 9.17) is 21.4 Å². The minimum absolute atomic E-state index is 0.0217. The summed E-state index contributed by atoms with van der Waals surface area (Å²) in [6.45, 7) is 0. The van der Waals surface area contributed by atoms with Gasteiger partial charge >= 0.3 is 18.5 Å². The number of carbonyl (C=O) groups is 1. The molecule has 188 valence electrons. The molecule has 3 aromatic rings. The van der Waals surface area contributed by atoms with Crippen molar-refractivity contribution in [3.8, 4) is 34.0 Å². The summed E-state index contributed by atoms with van der Waals surface area (Å²) in [6, 6.07) is 3.61. The molecule has 0 spiro atoms. The highest BCUT2D eigenvalue weighted by molar-refractivity contribution is 7.16. The van der Waals surface area contributed by atoms with Gasteiger partial charge in [0.1, 0.15) is 27.9 Å². The Morgan fingerprint density at radius 2 is 1.86 bits per heavy atom. The van der Waals surface area contributed by atoms with Gasteiger partial charge in [-0.15, -0.1) is 16.4 Å². The van der Waals surface area contributed by atoms with Crippen molar-refractivity contribution in [3.63, 3.8) is 0 Å². The van der Waals surface area contributed by atoms with Gasteiger partial charge in [-0.1, -0.05) is 5.16 Å². The van der Waals surface area contributed by atoms with Crippen molar-refractivity contribution < 1.29 is 53.6 Å². The van der Waals surface area contributed by atoms with Gasteiger partial charge in [-0.05, 0) is 17.7 Å². The highest BCUT2D eigenvalue weighted by Gasteiger charge is 2.60. The van der Waals surface area contributed by atoms with Crippen molar-refractivity contribution in [2.75, 3.05) is 0 Å². The van der Waals surface area contributed by atoms with Gasteiger partial charge < -0.3 is 9.26 Å². The smallest absolute Gasteiger partial charge is 0.410 e. The van der Waals surface area contributed by atoms with Gasteiger partial charge in [0, 0.05) is 13.1 Å². The maximum absolute atomic E-state index is 13.7. The molecular formula is C17H6ClF9N4O3S. The first-order valence-corrected chi connectivity index (χ1v) is 9.79. The van der Waals surface area contributed by atoms with Crippen molar-refractivity contribution in [2.45, 2.75) is 24.6 Å². The molecule has 3 heterocycles. The number of nitrogens with zero attached hydrogens (tertiary/aromatic N) is 4. The van der Waals surface area contributed by atoms with Crippen molar-refractivity contribution >= 4 is 28.2 Å². The number of nitriles is 1. The molecule has 0 saturated heterocycles. The minimum Gasteiger partial charge on any atom is -0.410 e. The third-order valence-electron chi connectivity index (χ3n) is 4.15. The van der Waals surface area contributed by atoms with E-state index in [1.54, 1.807) is 6.07 Å². The molecule has 3 aromatic heterocycles. The van der Waals surface area contributed by atoms with E-state index in [0.29, 0.717) is 16.0 Å². The molecule has 0 aliphatic carbocycles. The van der Waals surface area contributed by atoms with Crippen molar-refractivity contribution in [2.24, 2.45) is 7.05 Å². The van der Waals surface area contributed by atoms with E-state index in [1.807, 2.05) is 0 Å². The van der Waals surface area contributed by atoms with Gasteiger partial charge in [0.2, 0.25) is 0 Å². The number of rotatable bonds is 6. The van der Waals surface area contributed by atoms with Crippen LogP contribution in [0.25, 0.3) is 22.0 Å². The van der Waals surface area contributed by atoms with Crippen LogP contribution in [0, 0.1) is 11.3 Å². The van der Waals surface area contributed by atoms with E-state index in [-0.39, 0.29) is 21.1 Å². The van der Waals surface area contributed by atoms with Crippen LogP contribution in [-0.2, 0) is 13.2 Å². The summed E-state index contributed by atoms with van der Waals surface area (Å²) >= 11 is 6.01. The molecule has 0 aliphatic rings. The number of halogens is 10. The average molecular weight is 553 g/mol. The van der Waals surface area contributed by atoms with Gasteiger partial charge in [0.25, 0.3) is 17.3 Å². The first kappa shape index (κ1) is 26.3. The molecule has 7 nitrogen and oxygen atoms in total. The van der Waals surface area contributed by atoms with Crippen LogP contribution in [0.3, 0.4) is 0 Å². The molecule has 0 radical (unpaired) electrons. The molecule has 0 saturated carbocycles. The largest absolute Gasteiger partial charge is 0.440 e. The Morgan fingerprint density at radius 3 is 2.34 bits per heavy atom. The predicted molar refractivity (Wildman–Crippen MR) is 98.4 cm³/mol. The quantitative estimate of drug-likeness (QED) is 0.277. The van der Waals surface area contributed by atoms with Gasteiger partial charge in [-0.25, -0.2) is 4.39 Å². The Kier molecular flexibility index (Phi) is 6.59. The summed E-state index contributed by atoms with van der Waals surface area (Å²) in [4.78, 5) is 11.3. The fourth-order valence-corrected chi connectivity index (χ4v) is 3.84. The van der Waals surface area contributed by atoms with E-state index >= 15 is 0 Å². The van der Waals surface area contributed by atoms with Crippen LogP contribution in [-0.4, -0.2) is 38.6 Å². The fourth-order valence-electron chi connectivity index (χ4n) is 2.74. The molecule has 3 rings (SSSR count). The molecule has 35 heavy (non-hydrogen) atoms. The Bertz CT molecular complexity index is 1320. The fraction of sp³-hybridized carbons (Fsp3) is 0.294. The van der Waals surface area contributed by atoms with E-state index in [1.165, 1.54) is 0 Å². The zero-order valence-electron chi connectivity index (χ0n) is 16.4. The summed E-state index contributed by atoms with van der Waals surface area (Å²) in [5.41, 5.74) is -4.09. The molecule has 0 amide bonds. The number of alkyl halides is 9. The van der Waals surface area contributed by atoms with E-state index in [2.05, 4.69) is 15.0 Å². The highest BCUT2D eigenvalue weighted by atomic mass is 35.5. The van der Waals surface area contributed by atoms with Gasteiger partial charge in [-0.2, -0.15) is 40.4 Å². The standard InChI is InChI=1S/C17H6ClF9N4O3S/c1-31-11(6-3-7(34-30-6)8-2-5(12(18)32)9(4-28)35-8)10(15(20,21)22)13(29-31)33-17(26,27)14(19)16(23,24)25/h2-3,14H,1H3. The Hall–Kier alpha value is -3.26. The Morgan fingerprint density at radius 1 is 1.23 bits per heavy atom. The summed E-state index contributed by atoms with van der Waals surface area (Å²) < 4.78 is 127. The van der Waals surface area contributed by atoms with Crippen LogP contribution in [0.5, 0.6) is 5.88 Å². The molecular weight excluding hydrogens is 547 g/mol. The number of hydrogen-bond acceptors (Lipinski definition) is 7. The Labute approximate surface area is 196 Å². The summed E-state index contributed by atoms with van der Waals surface area (Å²) in [5.74, 6) is -2.33. The maximum atomic E-state index is 13.7. The SMILES string of the molecule is Cn1nc(OC(F)(F)C(F)C(F)(F)F)c(C(F)(F)F)c1-c1cc(-c2cc(C(=O)Cl)c(C#N)s2)on1. The number of thiophene rings is 1. The number of aromatic nitrogens is 3. The van der Waals surface area contributed by atoms with E-state index < -0.39 is 52.7 Å². The summed E-state index contributed by atoms with van der Waals surface area (Å²) in [6.07, 6.45) is -22.4. The molecule has 0 aromatic carbocycles. The summed E-state index contributed by atoms with van der Waals surface area (Å²) in [7, 11) is 0.795. The second-order valence-electron chi connectivity index (χ2n) is 6.53. The molecule has 1 unspecified atom stereocenters. The van der Waals surface area contributed by atoms with Crippen LogP contribution in [0.15, 0.2) is 16.7 Å². The Balaban J connectivity index is 2.10. The van der Waals surface area contributed by atoms with E-state index in [0.717, 1.165) is 19.2 Å². The lowest BCUT2D eigenvalue weighted by Gasteiger charge is -2.22. The first-order chi connectivity index (χ1) is 16.0. The van der Waals surface area contributed by atoms with Crippen LogP contribution in [0.4, 0.5) is 39.5 Å². The second-order valence-corrected chi connectivity index (χ2v) is 7.93. The maximum Gasteiger partial charge on any atom is 0.440 e. The minimum atomic E-state index is -6.15. The zero-order chi connectivity index (χ0) is 26.5. The molecule has 0 fully saturated rings. The van der Waals surface area contributed by atoms with Crippen molar-refractivity contribution in [3.05, 3.63) is 28.1 Å². The molecule has 0 N–H and O–H groups in total. The van der Waals surface area contributed by atoms with Crippen LogP contribution in [0.1, 0.15) is 20.8 Å². The number of ether oxygens (including phenoxy) is 1. The second kappa shape index (κ2) is 8.75. The summed E-state index contributed by atoms with van der Waals surface area (Å²) in [5, 5.41) is 14.4. The lowest BCUT2D eigenvalue weighted by Crippen LogP contribution is -2.46. The number of aryl methyl sites for hydroxylation is 1. The average Bonchev–Trinajstić information content (AvgIpc) is 3.41. The van der Waals surface area contributed by atoms with Crippen molar-refractivity contribution in [1.82, 2.24) is 14.9 Å². The lowest BCUT2D eigenvalue weighted by molar-refractivity contribution is -0.306. The molecule has 0 aliphatic heterocycles. The van der Waals surface area contributed by atoms with Gasteiger partial charge in [0.15, 0.2) is 5.76 Å². The van der Waals surface area contributed by atoms with Crippen LogP contribution in [0.2, 0.25) is 0 Å². The molecule has 18 heteroatoms. The first-order valence-electron chi connectivity index (χ1n) is 8.60. The van der Waals surface area contributed by atoms with E-state index in [9.17, 15) is 44.3 Å². The third-order valence-corrected chi connectivity index (χ3v) is 5.41. The van der Waals surface area contributed by atoms with Crippen LogP contribution >= 0.6 is 22.9 Å². The predicted octanol–water partition coefficient (Wildman–Crippen LogP) is 5.95. The monoisotopic (exact) mass is 552 g/mol. The number of carbonyl (C=O) groups excluding carboxylic acids is 1. The third kappa shape index (κ3) is 5.07. The normalized spacial score (nSPS) is 13.5. The zero-order valence-corrected chi connectivity index (χ0v) is 18.0.